The van der Waals surface area contributed by atoms with Gasteiger partial charge in [-0.15, -0.1) is 0 Å². The highest BCUT2D eigenvalue weighted by Crippen LogP contribution is 2.47. The minimum absolute atomic E-state index is 0.000643. The van der Waals surface area contributed by atoms with E-state index >= 15 is 0 Å². The molecule has 0 bridgehead atoms. The molecule has 1 aliphatic rings. The van der Waals surface area contributed by atoms with Crippen molar-refractivity contribution in [3.63, 3.8) is 0 Å². The molecule has 1 N–H and O–H groups in total. The maximum Gasteiger partial charge on any atom is 0.0437 e. The van der Waals surface area contributed by atoms with Crippen LogP contribution in [0.4, 0.5) is 11.4 Å². The van der Waals surface area contributed by atoms with Gasteiger partial charge in [-0.2, -0.15) is 0 Å². The molecule has 4 rings (SSSR count). The minimum Gasteiger partial charge on any atom is -0.355 e. The van der Waals surface area contributed by atoms with Crippen molar-refractivity contribution in [3.05, 3.63) is 70.2 Å². The van der Waals surface area contributed by atoms with Gasteiger partial charge in [0.15, 0.2) is 0 Å². The Hall–Kier alpha value is -1.80. The second kappa shape index (κ2) is 4.35. The molecule has 1 nitrogen and oxygen atoms in total. The predicted octanol–water partition coefficient (Wildman–Crippen LogP) is 5.99. The zero-order valence-corrected chi connectivity index (χ0v) is 13.7. The largest absolute Gasteiger partial charge is 0.355 e. The Labute approximate surface area is 133 Å². The van der Waals surface area contributed by atoms with Crippen LogP contribution in [0.1, 0.15) is 25.0 Å². The number of halogens is 1. The molecule has 0 radical (unpaired) electrons. The van der Waals surface area contributed by atoms with Crippen molar-refractivity contribution in [2.75, 3.05) is 5.32 Å². The normalized spacial score (nSPS) is 15.2. The molecule has 21 heavy (non-hydrogen) atoms. The van der Waals surface area contributed by atoms with Gasteiger partial charge in [-0.25, -0.2) is 0 Å². The van der Waals surface area contributed by atoms with E-state index in [1.165, 1.54) is 33.3 Å². The van der Waals surface area contributed by atoms with Crippen molar-refractivity contribution in [3.8, 4) is 0 Å². The Kier molecular flexibility index (Phi) is 2.67. The molecule has 3 aromatic rings. The van der Waals surface area contributed by atoms with Crippen LogP contribution in [0.3, 0.4) is 0 Å². The number of hydrogen-bond acceptors (Lipinski definition) is 1. The van der Waals surface area contributed by atoms with Crippen molar-refractivity contribution < 1.29 is 0 Å². The highest BCUT2D eigenvalue weighted by atomic mass is 79.9. The zero-order chi connectivity index (χ0) is 14.6. The summed E-state index contributed by atoms with van der Waals surface area (Å²) in [6, 6.07) is 19.6. The summed E-state index contributed by atoms with van der Waals surface area (Å²) in [5.41, 5.74) is 5.10. The van der Waals surface area contributed by atoms with Gasteiger partial charge >= 0.3 is 0 Å². The molecule has 0 atom stereocenters. The highest BCUT2D eigenvalue weighted by Gasteiger charge is 2.32. The fourth-order valence-electron chi connectivity index (χ4n) is 3.32. The van der Waals surface area contributed by atoms with E-state index in [4.69, 9.17) is 0 Å². The van der Waals surface area contributed by atoms with E-state index in [2.05, 4.69) is 89.7 Å². The van der Waals surface area contributed by atoms with Gasteiger partial charge in [0.1, 0.15) is 0 Å². The molecule has 0 amide bonds. The summed E-state index contributed by atoms with van der Waals surface area (Å²) >= 11 is 3.57. The van der Waals surface area contributed by atoms with E-state index in [1.54, 1.807) is 0 Å². The fourth-order valence-corrected chi connectivity index (χ4v) is 3.68. The van der Waals surface area contributed by atoms with Crippen LogP contribution in [0.5, 0.6) is 0 Å². The maximum absolute atomic E-state index is 3.60. The number of anilines is 2. The third-order valence-electron chi connectivity index (χ3n) is 4.48. The summed E-state index contributed by atoms with van der Waals surface area (Å²) in [5, 5.41) is 6.17. The van der Waals surface area contributed by atoms with Gasteiger partial charge < -0.3 is 5.32 Å². The number of rotatable bonds is 0. The van der Waals surface area contributed by atoms with Crippen LogP contribution < -0.4 is 5.32 Å². The van der Waals surface area contributed by atoms with Crippen LogP contribution >= 0.6 is 15.9 Å². The fraction of sp³-hybridized carbons (Fsp3) is 0.158. The smallest absolute Gasteiger partial charge is 0.0437 e. The van der Waals surface area contributed by atoms with Crippen LogP contribution in [-0.4, -0.2) is 0 Å². The number of nitrogens with one attached hydrogen (secondary N) is 1. The molecular weight excluding hydrogens is 322 g/mol. The first-order valence-electron chi connectivity index (χ1n) is 7.16. The van der Waals surface area contributed by atoms with Gasteiger partial charge in [-0.3, -0.25) is 0 Å². The molecule has 0 spiro atoms. The number of benzene rings is 3. The first-order valence-corrected chi connectivity index (χ1v) is 7.95. The number of hydrogen-bond donors (Lipinski definition) is 1. The Morgan fingerprint density at radius 3 is 2.24 bits per heavy atom. The Morgan fingerprint density at radius 2 is 1.48 bits per heavy atom. The minimum atomic E-state index is 0.000643. The van der Waals surface area contributed by atoms with Crippen LogP contribution in [0, 0.1) is 0 Å². The summed E-state index contributed by atoms with van der Waals surface area (Å²) in [6.07, 6.45) is 0. The summed E-state index contributed by atoms with van der Waals surface area (Å²) in [5.74, 6) is 0. The van der Waals surface area contributed by atoms with Gasteiger partial charge in [0.05, 0.1) is 0 Å². The average Bonchev–Trinajstić information content (AvgIpc) is 2.45. The second-order valence-corrected chi connectivity index (χ2v) is 7.10. The second-order valence-electron chi connectivity index (χ2n) is 6.18. The van der Waals surface area contributed by atoms with Gasteiger partial charge in [-0.1, -0.05) is 60.1 Å². The third-order valence-corrected chi connectivity index (χ3v) is 4.98. The summed E-state index contributed by atoms with van der Waals surface area (Å²) in [6.45, 7) is 4.60. The first kappa shape index (κ1) is 12.9. The van der Waals surface area contributed by atoms with Gasteiger partial charge in [-0.05, 0) is 46.2 Å². The lowest BCUT2D eigenvalue weighted by Gasteiger charge is -2.36. The van der Waals surface area contributed by atoms with Crippen LogP contribution in [0.15, 0.2) is 59.1 Å². The maximum atomic E-state index is 3.60. The monoisotopic (exact) mass is 337 g/mol. The van der Waals surface area contributed by atoms with Crippen molar-refractivity contribution in [2.45, 2.75) is 19.3 Å². The standard InChI is InChI=1S/C19H16BrN/c1-19(2)15-8-7-14(20)11-18(15)21-17-10-13-6-4-3-5-12(13)9-16(17)19/h3-11,21H,1-2H3. The van der Waals surface area contributed by atoms with Crippen LogP contribution in [-0.2, 0) is 5.41 Å². The van der Waals surface area contributed by atoms with Crippen LogP contribution in [0.2, 0.25) is 0 Å². The van der Waals surface area contributed by atoms with Gasteiger partial charge in [0.25, 0.3) is 0 Å². The van der Waals surface area contributed by atoms with Crippen molar-refractivity contribution in [1.29, 1.82) is 0 Å². The molecule has 0 unspecified atom stereocenters. The average molecular weight is 338 g/mol. The zero-order valence-electron chi connectivity index (χ0n) is 12.1. The summed E-state index contributed by atoms with van der Waals surface area (Å²) in [4.78, 5) is 0. The van der Waals surface area contributed by atoms with E-state index in [9.17, 15) is 0 Å². The van der Waals surface area contributed by atoms with E-state index in [0.29, 0.717) is 0 Å². The SMILES string of the molecule is CC1(C)c2ccc(Br)cc2Nc2cc3ccccc3cc21. The van der Waals surface area contributed by atoms with Crippen molar-refractivity contribution in [2.24, 2.45) is 0 Å². The van der Waals surface area contributed by atoms with E-state index in [0.717, 1.165) is 4.47 Å². The highest BCUT2D eigenvalue weighted by molar-refractivity contribution is 9.10. The van der Waals surface area contributed by atoms with Gasteiger partial charge in [0, 0.05) is 21.3 Å². The summed E-state index contributed by atoms with van der Waals surface area (Å²) < 4.78 is 1.11. The Bertz CT molecular complexity index is 865. The van der Waals surface area contributed by atoms with Crippen LogP contribution in [0.25, 0.3) is 10.8 Å². The molecule has 0 fully saturated rings. The molecule has 0 saturated carbocycles. The molecule has 0 aliphatic carbocycles. The lowest BCUT2D eigenvalue weighted by molar-refractivity contribution is 0.639. The Morgan fingerprint density at radius 1 is 0.810 bits per heavy atom. The lowest BCUT2D eigenvalue weighted by atomic mass is 9.74. The molecule has 1 aliphatic heterocycles. The number of fused-ring (bicyclic) bond motifs is 3. The molecule has 0 aromatic heterocycles. The van der Waals surface area contributed by atoms with E-state index < -0.39 is 0 Å². The molecule has 3 aromatic carbocycles. The summed E-state index contributed by atoms with van der Waals surface area (Å²) in [7, 11) is 0. The first-order chi connectivity index (χ1) is 10.1. The molecule has 104 valence electrons. The van der Waals surface area contributed by atoms with Crippen molar-refractivity contribution in [1.82, 2.24) is 0 Å². The lowest BCUT2D eigenvalue weighted by Crippen LogP contribution is -2.25. The molecule has 1 heterocycles. The van der Waals surface area contributed by atoms with E-state index in [-0.39, 0.29) is 5.41 Å². The predicted molar refractivity (Wildman–Crippen MR) is 93.5 cm³/mol. The Balaban J connectivity index is 2.01. The quantitative estimate of drug-likeness (QED) is 0.531. The van der Waals surface area contributed by atoms with Gasteiger partial charge in [0.2, 0.25) is 0 Å². The van der Waals surface area contributed by atoms with E-state index in [1.807, 2.05) is 0 Å². The molecule has 2 heteroatoms. The van der Waals surface area contributed by atoms with Crippen molar-refractivity contribution >= 4 is 38.1 Å². The molecular formula is C19H16BrN. The third kappa shape index (κ3) is 1.90. The topological polar surface area (TPSA) is 12.0 Å². The molecule has 0 saturated heterocycles.